The van der Waals surface area contributed by atoms with Crippen molar-refractivity contribution in [3.8, 4) is 11.3 Å². The largest absolute Gasteiger partial charge is 0.477 e. The van der Waals surface area contributed by atoms with Gasteiger partial charge in [-0.2, -0.15) is 0 Å². The molecule has 1 saturated heterocycles. The van der Waals surface area contributed by atoms with Gasteiger partial charge in [0.05, 0.1) is 6.10 Å². The molecule has 2 heterocycles. The van der Waals surface area contributed by atoms with E-state index in [4.69, 9.17) is 9.26 Å². The Bertz CT molecular complexity index is 678. The molecule has 1 atom stereocenters. The van der Waals surface area contributed by atoms with Crippen molar-refractivity contribution in [1.82, 2.24) is 5.16 Å². The van der Waals surface area contributed by atoms with Crippen molar-refractivity contribution in [1.29, 1.82) is 0 Å². The van der Waals surface area contributed by atoms with Crippen molar-refractivity contribution in [2.75, 3.05) is 25.1 Å². The first-order valence-corrected chi connectivity index (χ1v) is 8.28. The molecule has 2 aromatic rings. The summed E-state index contributed by atoms with van der Waals surface area (Å²) in [7, 11) is 1.84. The Kier molecular flexibility index (Phi) is 5.15. The number of hydrogen-bond acceptors (Lipinski definition) is 5. The van der Waals surface area contributed by atoms with Gasteiger partial charge in [0.1, 0.15) is 0 Å². The van der Waals surface area contributed by atoms with Crippen molar-refractivity contribution in [3.05, 3.63) is 35.9 Å². The highest BCUT2D eigenvalue weighted by Crippen LogP contribution is 2.31. The Morgan fingerprint density at radius 1 is 1.38 bits per heavy atom. The zero-order valence-electron chi connectivity index (χ0n) is 13.8. The van der Waals surface area contributed by atoms with Crippen LogP contribution in [-0.4, -0.2) is 42.5 Å². The maximum Gasteiger partial charge on any atom is 0.343 e. The van der Waals surface area contributed by atoms with Gasteiger partial charge in [-0.25, -0.2) is 4.79 Å². The quantitative estimate of drug-likeness (QED) is 0.838. The molecule has 6 nitrogen and oxygen atoms in total. The molecule has 1 fully saturated rings. The van der Waals surface area contributed by atoms with Crippen LogP contribution in [0.2, 0.25) is 0 Å². The molecule has 0 aliphatic carbocycles. The lowest BCUT2D eigenvalue weighted by Gasteiger charge is -2.17. The Morgan fingerprint density at radius 3 is 2.83 bits per heavy atom. The van der Waals surface area contributed by atoms with Gasteiger partial charge in [0.15, 0.2) is 17.1 Å². The lowest BCUT2D eigenvalue weighted by atomic mass is 10.1. The van der Waals surface area contributed by atoms with E-state index < -0.39 is 5.97 Å². The van der Waals surface area contributed by atoms with Gasteiger partial charge < -0.3 is 19.3 Å². The van der Waals surface area contributed by atoms with Crippen molar-refractivity contribution in [3.63, 3.8) is 0 Å². The zero-order chi connectivity index (χ0) is 16.9. The van der Waals surface area contributed by atoms with Crippen LogP contribution >= 0.6 is 0 Å². The first kappa shape index (κ1) is 16.5. The number of anilines is 1. The highest BCUT2D eigenvalue weighted by atomic mass is 16.5. The minimum absolute atomic E-state index is 0.112. The number of carboxylic acids is 1. The number of aromatic carboxylic acids is 1. The number of carbonyl (C=O) groups is 1. The number of aromatic nitrogens is 1. The molecule has 1 aliphatic heterocycles. The maximum absolute atomic E-state index is 11.7. The number of ether oxygens (including phenoxy) is 1. The Labute approximate surface area is 141 Å². The van der Waals surface area contributed by atoms with Crippen LogP contribution in [0, 0.1) is 0 Å². The molecule has 0 amide bonds. The second kappa shape index (κ2) is 7.49. The minimum Gasteiger partial charge on any atom is -0.477 e. The summed E-state index contributed by atoms with van der Waals surface area (Å²) in [4.78, 5) is 13.6. The molecule has 24 heavy (non-hydrogen) atoms. The average Bonchev–Trinajstić information content (AvgIpc) is 3.25. The van der Waals surface area contributed by atoms with Crippen molar-refractivity contribution >= 4 is 11.8 Å². The summed E-state index contributed by atoms with van der Waals surface area (Å²) in [5.74, 6) is -0.367. The van der Waals surface area contributed by atoms with Crippen LogP contribution in [0.4, 0.5) is 5.82 Å². The summed E-state index contributed by atoms with van der Waals surface area (Å²) < 4.78 is 11.0. The Morgan fingerprint density at radius 2 is 2.17 bits per heavy atom. The van der Waals surface area contributed by atoms with E-state index in [1.54, 1.807) is 0 Å². The molecule has 0 spiro atoms. The summed E-state index contributed by atoms with van der Waals surface area (Å²) in [6, 6.07) is 9.18. The summed E-state index contributed by atoms with van der Waals surface area (Å²) >= 11 is 0. The molecule has 6 heteroatoms. The van der Waals surface area contributed by atoms with Crippen molar-refractivity contribution in [2.24, 2.45) is 0 Å². The summed E-state index contributed by atoms with van der Waals surface area (Å²) in [6.07, 6.45) is 4.50. The molecule has 1 unspecified atom stereocenters. The van der Waals surface area contributed by atoms with Gasteiger partial charge >= 0.3 is 5.97 Å². The first-order chi connectivity index (χ1) is 11.7. The fourth-order valence-corrected chi connectivity index (χ4v) is 3.06. The Balaban J connectivity index is 1.72. The lowest BCUT2D eigenvalue weighted by Crippen LogP contribution is -2.22. The zero-order valence-corrected chi connectivity index (χ0v) is 13.8. The summed E-state index contributed by atoms with van der Waals surface area (Å²) in [5, 5.41) is 13.6. The van der Waals surface area contributed by atoms with E-state index in [1.807, 2.05) is 42.3 Å². The molecule has 3 rings (SSSR count). The van der Waals surface area contributed by atoms with Crippen LogP contribution in [0.1, 0.15) is 36.0 Å². The number of hydrogen-bond donors (Lipinski definition) is 1. The van der Waals surface area contributed by atoms with Gasteiger partial charge in [-0.3, -0.25) is 0 Å². The normalized spacial score (nSPS) is 17.1. The van der Waals surface area contributed by atoms with Crippen LogP contribution < -0.4 is 4.90 Å². The van der Waals surface area contributed by atoms with E-state index in [0.717, 1.165) is 32.3 Å². The van der Waals surface area contributed by atoms with E-state index in [9.17, 15) is 9.90 Å². The topological polar surface area (TPSA) is 75.8 Å². The van der Waals surface area contributed by atoms with Gasteiger partial charge in [-0.1, -0.05) is 35.5 Å². The molecule has 128 valence electrons. The molecule has 1 N–H and O–H groups in total. The average molecular weight is 330 g/mol. The van der Waals surface area contributed by atoms with E-state index in [2.05, 4.69) is 5.16 Å². The van der Waals surface area contributed by atoms with Crippen LogP contribution in [-0.2, 0) is 4.74 Å². The van der Waals surface area contributed by atoms with E-state index in [0.29, 0.717) is 29.8 Å². The molecular weight excluding hydrogens is 308 g/mol. The molecule has 1 aliphatic rings. The number of nitrogens with zero attached hydrogens (tertiary/aromatic N) is 2. The lowest BCUT2D eigenvalue weighted by molar-refractivity contribution is 0.0697. The molecule has 0 radical (unpaired) electrons. The molecule has 0 bridgehead atoms. The van der Waals surface area contributed by atoms with Gasteiger partial charge in [0.2, 0.25) is 0 Å². The Hall–Kier alpha value is -2.34. The standard InChI is InChI=1S/C18H22N2O4/c1-20(11-5-9-14-10-6-12-23-14)17-15(18(21)22)16(24-19-17)13-7-3-2-4-8-13/h2-4,7-8,14H,5-6,9-12H2,1H3,(H,21,22). The van der Waals surface area contributed by atoms with Gasteiger partial charge in [0.25, 0.3) is 0 Å². The monoisotopic (exact) mass is 330 g/mol. The molecule has 0 saturated carbocycles. The molecular formula is C18H22N2O4. The highest BCUT2D eigenvalue weighted by molar-refractivity contribution is 5.99. The van der Waals surface area contributed by atoms with E-state index in [1.165, 1.54) is 0 Å². The third-order valence-corrected chi connectivity index (χ3v) is 4.33. The van der Waals surface area contributed by atoms with Gasteiger partial charge in [0, 0.05) is 25.8 Å². The predicted octanol–water partition coefficient (Wildman–Crippen LogP) is 3.44. The van der Waals surface area contributed by atoms with Crippen LogP contribution in [0.3, 0.4) is 0 Å². The molecule has 1 aromatic heterocycles. The fraction of sp³-hybridized carbons (Fsp3) is 0.444. The van der Waals surface area contributed by atoms with Crippen LogP contribution in [0.25, 0.3) is 11.3 Å². The number of carboxylic acid groups (broad SMARTS) is 1. The fourth-order valence-electron chi connectivity index (χ4n) is 3.06. The van der Waals surface area contributed by atoms with Crippen LogP contribution in [0.15, 0.2) is 34.9 Å². The van der Waals surface area contributed by atoms with Crippen molar-refractivity contribution in [2.45, 2.75) is 31.8 Å². The number of rotatable bonds is 7. The summed E-state index contributed by atoms with van der Waals surface area (Å²) in [5.41, 5.74) is 0.822. The highest BCUT2D eigenvalue weighted by Gasteiger charge is 2.26. The second-order valence-electron chi connectivity index (χ2n) is 6.08. The second-order valence-corrected chi connectivity index (χ2v) is 6.08. The third kappa shape index (κ3) is 3.59. The molecule has 1 aromatic carbocycles. The number of benzene rings is 1. The van der Waals surface area contributed by atoms with Gasteiger partial charge in [-0.05, 0) is 25.7 Å². The van der Waals surface area contributed by atoms with E-state index >= 15 is 0 Å². The SMILES string of the molecule is CN(CCCC1CCCO1)c1noc(-c2ccccc2)c1C(=O)O. The summed E-state index contributed by atoms with van der Waals surface area (Å²) in [6.45, 7) is 1.56. The third-order valence-electron chi connectivity index (χ3n) is 4.33. The minimum atomic E-state index is -1.03. The maximum atomic E-state index is 11.7. The first-order valence-electron chi connectivity index (χ1n) is 8.28. The smallest absolute Gasteiger partial charge is 0.343 e. The van der Waals surface area contributed by atoms with Crippen molar-refractivity contribution < 1.29 is 19.2 Å². The predicted molar refractivity (Wildman–Crippen MR) is 90.4 cm³/mol. The van der Waals surface area contributed by atoms with Gasteiger partial charge in [-0.15, -0.1) is 0 Å². The van der Waals surface area contributed by atoms with E-state index in [-0.39, 0.29) is 5.56 Å². The van der Waals surface area contributed by atoms with Crippen LogP contribution in [0.5, 0.6) is 0 Å².